The zero-order valence-electron chi connectivity index (χ0n) is 16.7. The Morgan fingerprint density at radius 1 is 1.16 bits per heavy atom. The summed E-state index contributed by atoms with van der Waals surface area (Å²) in [4.78, 5) is 11.7. The highest BCUT2D eigenvalue weighted by atomic mass is 16.7. The highest BCUT2D eigenvalue weighted by molar-refractivity contribution is 5.66. The number of carbonyl (C=O) groups excluding carboxylic acids is 1. The van der Waals surface area contributed by atoms with Crippen LogP contribution in [0.2, 0.25) is 0 Å². The smallest absolute Gasteiger partial charge is 0.302 e. The van der Waals surface area contributed by atoms with Crippen molar-refractivity contribution in [1.29, 1.82) is 0 Å². The molecule has 1 aliphatic heterocycles. The van der Waals surface area contributed by atoms with Crippen molar-refractivity contribution >= 4 is 5.97 Å². The van der Waals surface area contributed by atoms with Crippen LogP contribution in [0.15, 0.2) is 0 Å². The topological polar surface area (TPSA) is 65.0 Å². The predicted octanol–water partition coefficient (Wildman–Crippen LogP) is 3.14. The number of carbonyl (C=O) groups is 1. The first kappa shape index (κ1) is 19.1. The van der Waals surface area contributed by atoms with E-state index in [1.807, 2.05) is 13.8 Å². The zero-order chi connectivity index (χ0) is 18.8. The van der Waals surface area contributed by atoms with E-state index in [4.69, 9.17) is 14.2 Å². The monoisotopic (exact) mass is 354 g/mol. The van der Waals surface area contributed by atoms with Crippen molar-refractivity contribution in [1.82, 2.24) is 0 Å². The molecule has 0 unspecified atom stereocenters. The molecule has 1 N–H and O–H groups in total. The van der Waals surface area contributed by atoms with E-state index in [0.29, 0.717) is 13.2 Å². The standard InChI is InChI=1S/C20H34O5/c1-12-8-15(25-13(2)21)16-17(3,4)10-19(7)11-24-18(5,6)23-9-14(12)20(16,19)22/h12,14-16,22H,8-11H2,1-7H3/t12-,14+,15+,16+,19-,20-/m1/s1. The van der Waals surface area contributed by atoms with Crippen molar-refractivity contribution in [2.75, 3.05) is 13.2 Å². The van der Waals surface area contributed by atoms with Gasteiger partial charge in [0.2, 0.25) is 0 Å². The van der Waals surface area contributed by atoms with Gasteiger partial charge < -0.3 is 19.3 Å². The molecule has 0 aromatic carbocycles. The van der Waals surface area contributed by atoms with Crippen molar-refractivity contribution in [3.05, 3.63) is 0 Å². The van der Waals surface area contributed by atoms with E-state index in [1.165, 1.54) is 6.92 Å². The van der Waals surface area contributed by atoms with E-state index < -0.39 is 16.8 Å². The lowest BCUT2D eigenvalue weighted by Crippen LogP contribution is -2.66. The summed E-state index contributed by atoms with van der Waals surface area (Å²) in [5, 5.41) is 12.2. The van der Waals surface area contributed by atoms with Crippen LogP contribution in [0.1, 0.15) is 61.3 Å². The van der Waals surface area contributed by atoms with Crippen LogP contribution in [-0.4, -0.2) is 41.8 Å². The van der Waals surface area contributed by atoms with Gasteiger partial charge in [-0.25, -0.2) is 0 Å². The number of hydrogen-bond donors (Lipinski definition) is 1. The van der Waals surface area contributed by atoms with Gasteiger partial charge in [-0.15, -0.1) is 0 Å². The fourth-order valence-electron chi connectivity index (χ4n) is 6.25. The lowest BCUT2D eigenvalue weighted by Gasteiger charge is -2.57. The summed E-state index contributed by atoms with van der Waals surface area (Å²) in [6.07, 6.45) is 1.33. The van der Waals surface area contributed by atoms with Crippen LogP contribution in [0.3, 0.4) is 0 Å². The van der Waals surface area contributed by atoms with Crippen LogP contribution >= 0.6 is 0 Å². The number of ether oxygens (including phenoxy) is 3. The summed E-state index contributed by atoms with van der Waals surface area (Å²) in [6, 6.07) is 0. The Morgan fingerprint density at radius 3 is 2.40 bits per heavy atom. The molecule has 25 heavy (non-hydrogen) atoms. The Bertz CT molecular complexity index is 556. The average molecular weight is 354 g/mol. The summed E-state index contributed by atoms with van der Waals surface area (Å²) >= 11 is 0. The molecule has 5 nitrogen and oxygen atoms in total. The Hall–Kier alpha value is -0.650. The molecule has 0 spiro atoms. The minimum atomic E-state index is -0.981. The van der Waals surface area contributed by atoms with E-state index in [-0.39, 0.29) is 35.2 Å². The van der Waals surface area contributed by atoms with Gasteiger partial charge >= 0.3 is 5.97 Å². The van der Waals surface area contributed by atoms with Crippen LogP contribution in [0.4, 0.5) is 0 Å². The van der Waals surface area contributed by atoms with Gasteiger partial charge in [0.05, 0.1) is 18.8 Å². The molecule has 6 atom stereocenters. The largest absolute Gasteiger partial charge is 0.462 e. The second-order valence-electron chi connectivity index (χ2n) is 10.00. The third-order valence-electron chi connectivity index (χ3n) is 7.02. The van der Waals surface area contributed by atoms with Crippen molar-refractivity contribution in [3.8, 4) is 0 Å². The summed E-state index contributed by atoms with van der Waals surface area (Å²) < 4.78 is 17.8. The maximum absolute atomic E-state index is 12.2. The van der Waals surface area contributed by atoms with Crippen LogP contribution in [-0.2, 0) is 19.0 Å². The van der Waals surface area contributed by atoms with Crippen LogP contribution < -0.4 is 0 Å². The number of rotatable bonds is 1. The predicted molar refractivity (Wildman–Crippen MR) is 93.8 cm³/mol. The van der Waals surface area contributed by atoms with Gasteiger partial charge in [-0.2, -0.15) is 0 Å². The molecule has 3 aliphatic rings. The van der Waals surface area contributed by atoms with E-state index in [1.54, 1.807) is 0 Å². The fraction of sp³-hybridized carbons (Fsp3) is 0.950. The molecule has 0 amide bonds. The van der Waals surface area contributed by atoms with Crippen molar-refractivity contribution in [3.63, 3.8) is 0 Å². The third-order valence-corrected chi connectivity index (χ3v) is 7.02. The summed E-state index contributed by atoms with van der Waals surface area (Å²) in [6.45, 7) is 14.9. The van der Waals surface area contributed by atoms with Crippen LogP contribution in [0.5, 0.6) is 0 Å². The number of esters is 1. The van der Waals surface area contributed by atoms with Gasteiger partial charge in [0.1, 0.15) is 6.10 Å². The van der Waals surface area contributed by atoms with E-state index in [2.05, 4.69) is 27.7 Å². The molecular formula is C20H34O5. The van der Waals surface area contributed by atoms with Gasteiger partial charge in [0, 0.05) is 24.2 Å². The molecule has 1 saturated heterocycles. The van der Waals surface area contributed by atoms with E-state index in [9.17, 15) is 9.90 Å². The first-order valence-corrected chi connectivity index (χ1v) is 9.50. The average Bonchev–Trinajstić information content (AvgIpc) is 2.58. The lowest BCUT2D eigenvalue weighted by atomic mass is 9.55. The van der Waals surface area contributed by atoms with Gasteiger partial charge in [0.15, 0.2) is 5.79 Å². The number of aliphatic hydroxyl groups is 1. The second kappa shape index (κ2) is 5.67. The highest BCUT2D eigenvalue weighted by Gasteiger charge is 2.72. The SMILES string of the molecule is CC(=O)O[C@H]1C[C@@H](C)[C@@H]2COC(C)(C)OC[C@@]3(C)CC(C)(C)[C@H]1[C@]23O. The van der Waals surface area contributed by atoms with Crippen molar-refractivity contribution in [2.45, 2.75) is 78.8 Å². The van der Waals surface area contributed by atoms with Gasteiger partial charge in [0.25, 0.3) is 0 Å². The Kier molecular flexibility index (Phi) is 4.34. The molecule has 5 heteroatoms. The van der Waals surface area contributed by atoms with Gasteiger partial charge in [-0.3, -0.25) is 4.79 Å². The minimum absolute atomic E-state index is 0.000687. The molecule has 0 radical (unpaired) electrons. The fourth-order valence-corrected chi connectivity index (χ4v) is 6.25. The van der Waals surface area contributed by atoms with Crippen molar-refractivity contribution < 1.29 is 24.1 Å². The lowest BCUT2D eigenvalue weighted by molar-refractivity contribution is -0.304. The second-order valence-corrected chi connectivity index (χ2v) is 10.00. The maximum Gasteiger partial charge on any atom is 0.302 e. The Balaban J connectivity index is 2.09. The molecule has 0 aromatic heterocycles. The third kappa shape index (κ3) is 2.83. The van der Waals surface area contributed by atoms with Crippen LogP contribution in [0, 0.1) is 28.6 Å². The quantitative estimate of drug-likeness (QED) is 0.733. The van der Waals surface area contributed by atoms with Crippen molar-refractivity contribution in [2.24, 2.45) is 28.6 Å². The van der Waals surface area contributed by atoms with Gasteiger partial charge in [-0.1, -0.05) is 27.7 Å². The first-order chi connectivity index (χ1) is 11.3. The highest BCUT2D eigenvalue weighted by Crippen LogP contribution is 2.67. The van der Waals surface area contributed by atoms with Crippen LogP contribution in [0.25, 0.3) is 0 Å². The van der Waals surface area contributed by atoms with E-state index >= 15 is 0 Å². The summed E-state index contributed by atoms with van der Waals surface area (Å²) in [5.41, 5.74) is -1.54. The molecule has 1 heterocycles. The number of hydrogen-bond acceptors (Lipinski definition) is 5. The Labute approximate surface area is 151 Å². The summed E-state index contributed by atoms with van der Waals surface area (Å²) in [5.74, 6) is -0.849. The zero-order valence-corrected chi connectivity index (χ0v) is 16.7. The Morgan fingerprint density at radius 2 is 1.80 bits per heavy atom. The molecule has 2 aliphatic carbocycles. The first-order valence-electron chi connectivity index (χ1n) is 9.50. The molecule has 144 valence electrons. The molecule has 3 fully saturated rings. The molecule has 2 saturated carbocycles. The molecule has 0 bridgehead atoms. The van der Waals surface area contributed by atoms with Gasteiger partial charge in [-0.05, 0) is 38.0 Å². The molecule has 3 rings (SSSR count). The van der Waals surface area contributed by atoms with E-state index in [0.717, 1.165) is 12.8 Å². The molecular weight excluding hydrogens is 320 g/mol. The maximum atomic E-state index is 12.2. The minimum Gasteiger partial charge on any atom is -0.462 e. The summed E-state index contributed by atoms with van der Waals surface area (Å²) in [7, 11) is 0. The molecule has 0 aromatic rings. The normalized spacial score (nSPS) is 48.2.